The first-order valence-corrected chi connectivity index (χ1v) is 18.8. The van der Waals surface area contributed by atoms with Crippen LogP contribution in [-0.4, -0.2) is 111 Å². The molecule has 16 heteroatoms. The van der Waals surface area contributed by atoms with Gasteiger partial charge in [-0.1, -0.05) is 42.5 Å². The first-order valence-electron chi connectivity index (χ1n) is 18.8. The zero-order valence-corrected chi connectivity index (χ0v) is 33.1. The van der Waals surface area contributed by atoms with Gasteiger partial charge in [0.05, 0.1) is 33.4 Å². The molecule has 2 fully saturated rings. The van der Waals surface area contributed by atoms with Gasteiger partial charge in [0.1, 0.15) is 28.7 Å². The molecule has 1 atom stereocenters. The summed E-state index contributed by atoms with van der Waals surface area (Å²) in [7, 11) is 4.25. The summed E-state index contributed by atoms with van der Waals surface area (Å²) in [6, 6.07) is 13.5. The summed E-state index contributed by atoms with van der Waals surface area (Å²) in [6.45, 7) is 4.29. The number of halogens is 5. The number of alkyl halides is 5. The number of carbonyl (C=O) groups excluding carboxylic acids is 3. The van der Waals surface area contributed by atoms with Crippen molar-refractivity contribution in [1.82, 2.24) is 20.4 Å². The summed E-state index contributed by atoms with van der Waals surface area (Å²) >= 11 is 0. The maximum atomic E-state index is 14.2. The topological polar surface area (TPSA) is 119 Å². The third-order valence-corrected chi connectivity index (χ3v) is 10.4. The number of fused-ring (bicyclic) bond motifs is 1. The van der Waals surface area contributed by atoms with Crippen LogP contribution in [0.2, 0.25) is 0 Å². The lowest BCUT2D eigenvalue weighted by atomic mass is 9.85. The van der Waals surface area contributed by atoms with E-state index in [0.29, 0.717) is 29.2 Å². The molecule has 0 aliphatic carbocycles. The van der Waals surface area contributed by atoms with E-state index >= 15 is 0 Å². The first-order chi connectivity index (χ1) is 26.8. The second kappa shape index (κ2) is 17.4. The Hall–Kier alpha value is -4.70. The Morgan fingerprint density at radius 2 is 1.44 bits per heavy atom. The van der Waals surface area contributed by atoms with Crippen LogP contribution in [-0.2, 0) is 32.0 Å². The predicted octanol–water partition coefficient (Wildman–Crippen LogP) is 6.88. The Balaban J connectivity index is 1.47. The second-order valence-electron chi connectivity index (χ2n) is 15.6. The van der Waals surface area contributed by atoms with Crippen LogP contribution in [0.1, 0.15) is 57.6 Å². The van der Waals surface area contributed by atoms with Crippen molar-refractivity contribution in [3.05, 3.63) is 59.7 Å². The van der Waals surface area contributed by atoms with E-state index in [1.54, 1.807) is 32.9 Å². The van der Waals surface area contributed by atoms with Crippen molar-refractivity contribution >= 4 is 28.7 Å². The molecule has 2 aliphatic rings. The molecule has 2 saturated heterocycles. The van der Waals surface area contributed by atoms with Crippen LogP contribution in [0.3, 0.4) is 0 Å². The number of nitrogens with zero attached hydrogens (tertiary/aromatic N) is 2. The molecule has 2 N–H and O–H groups in total. The molecule has 0 radical (unpaired) electrons. The van der Waals surface area contributed by atoms with E-state index < -0.39 is 53.8 Å². The lowest BCUT2D eigenvalue weighted by molar-refractivity contribution is -0.152. The number of nitrogens with one attached hydrogen (secondary N) is 2. The Morgan fingerprint density at radius 3 is 2.04 bits per heavy atom. The molecule has 0 bridgehead atoms. The van der Waals surface area contributed by atoms with Crippen LogP contribution in [0.25, 0.3) is 21.9 Å². The summed E-state index contributed by atoms with van der Waals surface area (Å²) in [5, 5.41) is 6.85. The Kier molecular flexibility index (Phi) is 13.3. The highest BCUT2D eigenvalue weighted by molar-refractivity contribution is 6.01. The number of methoxy groups -OCH3 is 3. The Morgan fingerprint density at radius 1 is 0.807 bits per heavy atom. The van der Waals surface area contributed by atoms with Gasteiger partial charge in [-0.05, 0) is 61.6 Å². The van der Waals surface area contributed by atoms with E-state index in [9.17, 15) is 36.3 Å². The third-order valence-electron chi connectivity index (χ3n) is 10.4. The molecule has 11 nitrogen and oxygen atoms in total. The fourth-order valence-corrected chi connectivity index (χ4v) is 7.55. The lowest BCUT2D eigenvalue weighted by Crippen LogP contribution is -2.65. The van der Waals surface area contributed by atoms with Crippen molar-refractivity contribution < 1.29 is 55.3 Å². The molecule has 0 unspecified atom stereocenters. The predicted molar refractivity (Wildman–Crippen MR) is 203 cm³/mol. The van der Waals surface area contributed by atoms with Crippen molar-refractivity contribution in [2.75, 3.05) is 54.1 Å². The zero-order valence-electron chi connectivity index (χ0n) is 33.1. The summed E-state index contributed by atoms with van der Waals surface area (Å²) in [5.41, 5.74) is 0.215. The fraction of sp³-hybridized carbons (Fsp3) is 0.537. The number of benzene rings is 3. The van der Waals surface area contributed by atoms with Crippen molar-refractivity contribution in [2.45, 2.75) is 88.7 Å². The molecule has 0 spiro atoms. The molecule has 3 aromatic carbocycles. The van der Waals surface area contributed by atoms with Gasteiger partial charge in [-0.3, -0.25) is 14.6 Å². The number of hydrogen-bond donors (Lipinski definition) is 2. The Labute approximate surface area is 329 Å². The number of rotatable bonds is 12. The number of carbonyl (C=O) groups is 3. The average molecular weight is 807 g/mol. The quantitative estimate of drug-likeness (QED) is 0.149. The smallest absolute Gasteiger partial charge is 0.408 e. The van der Waals surface area contributed by atoms with E-state index in [1.165, 1.54) is 21.3 Å². The van der Waals surface area contributed by atoms with Gasteiger partial charge in [-0.2, -0.15) is 13.2 Å². The zero-order chi connectivity index (χ0) is 41.8. The highest BCUT2D eigenvalue weighted by atomic mass is 19.4. The monoisotopic (exact) mass is 806 g/mol. The SMILES string of the molecule is COC(=O)[C@H](Cc1cccc2c(-c3c(OC)ccc(CN4CCC(F)(F)CC4)c3OC)cccc12)NC(=O)C1(NC(=O)OC(C)(C)C)CCN(CC(F)(F)F)CC1. The van der Waals surface area contributed by atoms with Gasteiger partial charge in [-0.25, -0.2) is 18.4 Å². The van der Waals surface area contributed by atoms with Crippen molar-refractivity contribution in [3.63, 3.8) is 0 Å². The number of amides is 2. The van der Waals surface area contributed by atoms with E-state index in [-0.39, 0.29) is 58.3 Å². The summed E-state index contributed by atoms with van der Waals surface area (Å²) < 4.78 is 89.8. The number of alkyl carbamates (subject to hydrolysis) is 1. The van der Waals surface area contributed by atoms with Gasteiger partial charge in [-0.15, -0.1) is 0 Å². The molecule has 312 valence electrons. The minimum Gasteiger partial charge on any atom is -0.496 e. The van der Waals surface area contributed by atoms with E-state index in [4.69, 9.17) is 18.9 Å². The summed E-state index contributed by atoms with van der Waals surface area (Å²) in [4.78, 5) is 43.6. The van der Waals surface area contributed by atoms with Crippen LogP contribution < -0.4 is 20.1 Å². The minimum atomic E-state index is -4.45. The van der Waals surface area contributed by atoms with Gasteiger partial charge in [0.15, 0.2) is 0 Å². The largest absolute Gasteiger partial charge is 0.496 e. The van der Waals surface area contributed by atoms with Crippen molar-refractivity contribution in [3.8, 4) is 22.6 Å². The molecule has 2 amide bonds. The van der Waals surface area contributed by atoms with Gasteiger partial charge in [0.2, 0.25) is 5.91 Å². The second-order valence-corrected chi connectivity index (χ2v) is 15.6. The minimum absolute atomic E-state index is 0.0458. The van der Waals surface area contributed by atoms with Crippen LogP contribution in [0, 0.1) is 0 Å². The summed E-state index contributed by atoms with van der Waals surface area (Å²) in [6.07, 6.45) is -6.22. The first kappa shape index (κ1) is 43.4. The summed E-state index contributed by atoms with van der Waals surface area (Å²) in [5.74, 6) is -3.18. The van der Waals surface area contributed by atoms with Crippen molar-refractivity contribution in [2.24, 2.45) is 0 Å². The maximum Gasteiger partial charge on any atom is 0.408 e. The number of ether oxygens (including phenoxy) is 4. The molecule has 5 rings (SSSR count). The number of piperidine rings is 2. The Bertz CT molecular complexity index is 1920. The molecule has 57 heavy (non-hydrogen) atoms. The van der Waals surface area contributed by atoms with Crippen molar-refractivity contribution in [1.29, 1.82) is 0 Å². The lowest BCUT2D eigenvalue weighted by Gasteiger charge is -2.41. The average Bonchev–Trinajstić information content (AvgIpc) is 3.14. The van der Waals surface area contributed by atoms with Crippen LogP contribution in [0.5, 0.6) is 11.5 Å². The van der Waals surface area contributed by atoms with Gasteiger partial charge in [0.25, 0.3) is 5.92 Å². The fourth-order valence-electron chi connectivity index (χ4n) is 7.55. The van der Waals surface area contributed by atoms with E-state index in [1.807, 2.05) is 41.3 Å². The molecular weight excluding hydrogens is 755 g/mol. The van der Waals surface area contributed by atoms with Crippen LogP contribution in [0.4, 0.5) is 26.7 Å². The molecule has 2 aliphatic heterocycles. The highest BCUT2D eigenvalue weighted by Crippen LogP contribution is 2.45. The van der Waals surface area contributed by atoms with E-state index in [0.717, 1.165) is 26.8 Å². The number of likely N-dealkylation sites (tertiary alicyclic amines) is 2. The third kappa shape index (κ3) is 10.8. The molecule has 0 saturated carbocycles. The van der Waals surface area contributed by atoms with Gasteiger partial charge in [0, 0.05) is 57.5 Å². The normalized spacial score (nSPS) is 18.0. The maximum absolute atomic E-state index is 14.2. The van der Waals surface area contributed by atoms with Crippen LogP contribution >= 0.6 is 0 Å². The number of esters is 1. The highest BCUT2D eigenvalue weighted by Gasteiger charge is 2.46. The van der Waals surface area contributed by atoms with E-state index in [2.05, 4.69) is 10.6 Å². The van der Waals surface area contributed by atoms with Crippen LogP contribution in [0.15, 0.2) is 48.5 Å². The standard InChI is InChI=1S/C41H51F5N4O7/c1-38(2,3)57-37(53)48-39(15-19-50(20-16-39)25-41(44,45)46)36(52)47-31(35(51)56-6)23-26-9-7-11-29-28(26)10-8-12-30(29)33-32(54-4)14-13-27(34(33)55-5)24-49-21-17-40(42,43)18-22-49/h7-14,31H,15-25H2,1-6H3,(H,47,52)(H,48,53)/t31-/m0/s1. The molecular formula is C41H51F5N4O7. The van der Waals surface area contributed by atoms with Gasteiger partial charge >= 0.3 is 18.2 Å². The van der Waals surface area contributed by atoms with Gasteiger partial charge < -0.3 is 29.6 Å². The number of hydrogen-bond acceptors (Lipinski definition) is 9. The molecule has 0 aromatic heterocycles. The molecule has 2 heterocycles. The molecule has 3 aromatic rings.